The van der Waals surface area contributed by atoms with Crippen LogP contribution in [0.25, 0.3) is 32.7 Å². The van der Waals surface area contributed by atoms with Crippen molar-refractivity contribution in [2.45, 2.75) is 0 Å². The number of furan rings is 1. The van der Waals surface area contributed by atoms with Gasteiger partial charge in [-0.1, -0.05) is 97.1 Å². The van der Waals surface area contributed by atoms with Crippen LogP contribution in [0.4, 0.5) is 34.1 Å². The smallest absolute Gasteiger partial charge is 0.137 e. The molecule has 0 saturated carbocycles. The number of anilines is 6. The maximum absolute atomic E-state index is 6.62. The van der Waals surface area contributed by atoms with E-state index in [1.807, 2.05) is 0 Å². The van der Waals surface area contributed by atoms with Crippen LogP contribution in [-0.4, -0.2) is 0 Å². The molecule has 0 N–H and O–H groups in total. The van der Waals surface area contributed by atoms with Crippen molar-refractivity contribution < 1.29 is 4.42 Å². The molecule has 0 saturated heterocycles. The molecule has 8 aromatic rings. The zero-order chi connectivity index (χ0) is 28.6. The molecule has 1 aromatic heterocycles. The monoisotopic (exact) mass is 552 g/mol. The second-order valence-corrected chi connectivity index (χ2v) is 10.6. The van der Waals surface area contributed by atoms with Crippen molar-refractivity contribution >= 4 is 66.8 Å². The lowest BCUT2D eigenvalue weighted by atomic mass is 10.0. The molecule has 0 fully saturated rings. The van der Waals surface area contributed by atoms with Gasteiger partial charge >= 0.3 is 0 Å². The summed E-state index contributed by atoms with van der Waals surface area (Å²) in [5.74, 6) is 0. The molecule has 0 unspecified atom stereocenters. The van der Waals surface area contributed by atoms with E-state index in [1.165, 1.54) is 5.39 Å². The highest BCUT2D eigenvalue weighted by atomic mass is 16.3. The van der Waals surface area contributed by atoms with Gasteiger partial charge in [-0.15, -0.1) is 0 Å². The first-order valence-electron chi connectivity index (χ1n) is 14.5. The molecule has 1 heterocycles. The summed E-state index contributed by atoms with van der Waals surface area (Å²) in [6.45, 7) is 0. The molecule has 0 aliphatic carbocycles. The third-order valence-corrected chi connectivity index (χ3v) is 7.98. The summed E-state index contributed by atoms with van der Waals surface area (Å²) in [4.78, 5) is 4.70. The topological polar surface area (TPSA) is 19.6 Å². The molecule has 0 aliphatic heterocycles. The molecule has 0 radical (unpaired) electrons. The maximum Gasteiger partial charge on any atom is 0.137 e. The molecule has 43 heavy (non-hydrogen) atoms. The van der Waals surface area contributed by atoms with Gasteiger partial charge in [0.1, 0.15) is 11.2 Å². The third kappa shape index (κ3) is 4.39. The second-order valence-electron chi connectivity index (χ2n) is 10.6. The van der Waals surface area contributed by atoms with Crippen LogP contribution >= 0.6 is 0 Å². The van der Waals surface area contributed by atoms with Crippen LogP contribution in [0.1, 0.15) is 0 Å². The van der Waals surface area contributed by atoms with E-state index in [0.717, 1.165) is 61.4 Å². The molecular weight excluding hydrogens is 524 g/mol. The molecule has 8 rings (SSSR count). The standard InChI is InChI=1S/C40H28N2O/c1-5-17-31(18-6-1)41(32-19-7-2-8-20-32)36-25-26-37-39(35-27-29-15-13-14-16-30(29)28-38(35)43-37)40(36)42(33-21-9-3-10-22-33)34-23-11-4-12-24-34/h1-28H. The SMILES string of the molecule is c1ccc(N(c2ccccc2)c2ccc3oc4cc5ccccc5cc4c3c2N(c2ccccc2)c2ccccc2)cc1. The largest absolute Gasteiger partial charge is 0.456 e. The Bertz CT molecular complexity index is 2090. The predicted octanol–water partition coefficient (Wildman–Crippen LogP) is 11.7. The second kappa shape index (κ2) is 10.6. The highest BCUT2D eigenvalue weighted by Gasteiger charge is 2.27. The quantitative estimate of drug-likeness (QED) is 0.205. The van der Waals surface area contributed by atoms with Crippen LogP contribution in [-0.2, 0) is 0 Å². The van der Waals surface area contributed by atoms with Gasteiger partial charge in [-0.25, -0.2) is 0 Å². The van der Waals surface area contributed by atoms with Crippen molar-refractivity contribution in [1.29, 1.82) is 0 Å². The first-order chi connectivity index (χ1) is 21.3. The van der Waals surface area contributed by atoms with E-state index in [1.54, 1.807) is 0 Å². The van der Waals surface area contributed by atoms with Crippen LogP contribution < -0.4 is 9.80 Å². The lowest BCUT2D eigenvalue weighted by molar-refractivity contribution is 0.669. The van der Waals surface area contributed by atoms with E-state index in [9.17, 15) is 0 Å². The van der Waals surface area contributed by atoms with Gasteiger partial charge < -0.3 is 14.2 Å². The molecule has 0 spiro atoms. The Balaban J connectivity index is 1.54. The predicted molar refractivity (Wildman–Crippen MR) is 181 cm³/mol. The van der Waals surface area contributed by atoms with E-state index in [4.69, 9.17) is 4.42 Å². The molecule has 0 amide bonds. The Kier molecular flexibility index (Phi) is 6.12. The fourth-order valence-corrected chi connectivity index (χ4v) is 6.07. The number of hydrogen-bond acceptors (Lipinski definition) is 3. The Hall–Kier alpha value is -5.80. The van der Waals surface area contributed by atoms with Gasteiger partial charge in [-0.2, -0.15) is 0 Å². The number of fused-ring (bicyclic) bond motifs is 4. The lowest BCUT2D eigenvalue weighted by Gasteiger charge is -2.33. The number of benzene rings is 7. The summed E-state index contributed by atoms with van der Waals surface area (Å²) in [6.07, 6.45) is 0. The molecule has 3 heteroatoms. The Morgan fingerprint density at radius 1 is 0.372 bits per heavy atom. The Morgan fingerprint density at radius 3 is 1.33 bits per heavy atom. The summed E-state index contributed by atoms with van der Waals surface area (Å²) < 4.78 is 6.62. The third-order valence-electron chi connectivity index (χ3n) is 7.98. The van der Waals surface area contributed by atoms with Gasteiger partial charge in [0.05, 0.1) is 16.8 Å². The summed E-state index contributed by atoms with van der Waals surface area (Å²) >= 11 is 0. The van der Waals surface area contributed by atoms with E-state index in [0.29, 0.717) is 0 Å². The van der Waals surface area contributed by atoms with E-state index in [-0.39, 0.29) is 0 Å². The molecule has 7 aromatic carbocycles. The number of rotatable bonds is 6. The average Bonchev–Trinajstić information content (AvgIpc) is 3.44. The summed E-state index contributed by atoms with van der Waals surface area (Å²) in [5.41, 5.74) is 8.12. The van der Waals surface area contributed by atoms with Gasteiger partial charge in [0.2, 0.25) is 0 Å². The van der Waals surface area contributed by atoms with Gasteiger partial charge in [0.15, 0.2) is 0 Å². The van der Waals surface area contributed by atoms with Crippen LogP contribution in [0.5, 0.6) is 0 Å². The zero-order valence-electron chi connectivity index (χ0n) is 23.5. The van der Waals surface area contributed by atoms with Gasteiger partial charge in [0, 0.05) is 28.1 Å². The van der Waals surface area contributed by atoms with Gasteiger partial charge in [-0.3, -0.25) is 0 Å². The van der Waals surface area contributed by atoms with Gasteiger partial charge in [0.25, 0.3) is 0 Å². The fraction of sp³-hybridized carbons (Fsp3) is 0. The molecule has 0 atom stereocenters. The average molecular weight is 553 g/mol. The molecule has 0 aliphatic rings. The number of para-hydroxylation sites is 4. The molecule has 3 nitrogen and oxygen atoms in total. The van der Waals surface area contributed by atoms with Crippen molar-refractivity contribution in [3.8, 4) is 0 Å². The summed E-state index contributed by atoms with van der Waals surface area (Å²) in [7, 11) is 0. The fourth-order valence-electron chi connectivity index (χ4n) is 6.07. The number of hydrogen-bond donors (Lipinski definition) is 0. The van der Waals surface area contributed by atoms with Crippen molar-refractivity contribution in [3.05, 3.63) is 170 Å². The van der Waals surface area contributed by atoms with Crippen LogP contribution in [0.2, 0.25) is 0 Å². The summed E-state index contributed by atoms with van der Waals surface area (Å²) in [6, 6.07) is 59.6. The summed E-state index contributed by atoms with van der Waals surface area (Å²) in [5, 5.41) is 4.50. The highest BCUT2D eigenvalue weighted by molar-refractivity contribution is 6.19. The van der Waals surface area contributed by atoms with Crippen LogP contribution in [0.15, 0.2) is 174 Å². The zero-order valence-corrected chi connectivity index (χ0v) is 23.5. The minimum atomic E-state index is 0.849. The maximum atomic E-state index is 6.62. The van der Waals surface area contributed by atoms with Crippen LogP contribution in [0.3, 0.4) is 0 Å². The van der Waals surface area contributed by atoms with Crippen molar-refractivity contribution in [2.75, 3.05) is 9.80 Å². The van der Waals surface area contributed by atoms with E-state index < -0.39 is 0 Å². The number of nitrogens with zero attached hydrogens (tertiary/aromatic N) is 2. The Labute approximate surface area is 250 Å². The molecule has 204 valence electrons. The molecule has 0 bridgehead atoms. The van der Waals surface area contributed by atoms with Crippen molar-refractivity contribution in [1.82, 2.24) is 0 Å². The van der Waals surface area contributed by atoms with Crippen LogP contribution in [0, 0.1) is 0 Å². The normalized spacial score (nSPS) is 11.3. The minimum absolute atomic E-state index is 0.849. The minimum Gasteiger partial charge on any atom is -0.456 e. The lowest BCUT2D eigenvalue weighted by Crippen LogP contribution is -2.17. The first kappa shape index (κ1) is 25.0. The Morgan fingerprint density at radius 2 is 0.814 bits per heavy atom. The first-order valence-corrected chi connectivity index (χ1v) is 14.5. The molecular formula is C40H28N2O. The highest BCUT2D eigenvalue weighted by Crippen LogP contribution is 2.51. The van der Waals surface area contributed by atoms with Gasteiger partial charge in [-0.05, 0) is 83.6 Å². The van der Waals surface area contributed by atoms with E-state index >= 15 is 0 Å². The van der Waals surface area contributed by atoms with Crippen molar-refractivity contribution in [2.24, 2.45) is 0 Å². The van der Waals surface area contributed by atoms with Crippen molar-refractivity contribution in [3.63, 3.8) is 0 Å². The van der Waals surface area contributed by atoms with E-state index in [2.05, 4.69) is 180 Å².